The maximum Gasteiger partial charge on any atom is 0.220 e. The zero-order valence-electron chi connectivity index (χ0n) is 48.9. The van der Waals surface area contributed by atoms with Gasteiger partial charge in [-0.2, -0.15) is 0 Å². The maximum absolute atomic E-state index is 13.4. The van der Waals surface area contributed by atoms with E-state index in [9.17, 15) is 61.0 Å². The highest BCUT2D eigenvalue weighted by molar-refractivity contribution is 5.76. The molecule has 17 atom stereocenters. The molecule has 12 N–H and O–H groups in total. The fourth-order valence-electron chi connectivity index (χ4n) is 11.2. The largest absolute Gasteiger partial charge is 0.394 e. The topological polar surface area (TPSA) is 307 Å². The molecule has 1 amide bonds. The highest BCUT2D eigenvalue weighted by Crippen LogP contribution is 2.33. The van der Waals surface area contributed by atoms with Crippen LogP contribution in [-0.2, 0) is 33.2 Å². The summed E-state index contributed by atoms with van der Waals surface area (Å²) >= 11 is 0. The monoisotopic (exact) mass is 1140 g/mol. The SMILES string of the molecule is CCCCCCCCCCCCCCCCCCCC(=O)NC(COC1OC(CO)C(OC2OC(CO)C(OC3OC(CO)C(O)C(O)C3O)C(O)C2O)C(O)C1O)C(O)CCCCCCCCCCCCCCCCCCC. The van der Waals surface area contributed by atoms with Gasteiger partial charge in [0.05, 0.1) is 38.6 Å². The van der Waals surface area contributed by atoms with Crippen molar-refractivity contribution in [1.29, 1.82) is 0 Å². The summed E-state index contributed by atoms with van der Waals surface area (Å²) < 4.78 is 34.3. The van der Waals surface area contributed by atoms with E-state index in [2.05, 4.69) is 19.2 Å². The average Bonchev–Trinajstić information content (AvgIpc) is 3.54. The third kappa shape index (κ3) is 28.0. The summed E-state index contributed by atoms with van der Waals surface area (Å²) in [5.41, 5.74) is 0. The molecule has 0 aliphatic carbocycles. The van der Waals surface area contributed by atoms with Crippen LogP contribution >= 0.6 is 0 Å². The van der Waals surface area contributed by atoms with Crippen molar-refractivity contribution in [1.82, 2.24) is 5.32 Å². The average molecular weight is 1140 g/mol. The molecule has 468 valence electrons. The molecule has 3 saturated heterocycles. The molecular weight excluding hydrogens is 1020 g/mol. The highest BCUT2D eigenvalue weighted by atomic mass is 16.8. The third-order valence-electron chi connectivity index (χ3n) is 16.4. The van der Waals surface area contributed by atoms with Gasteiger partial charge in [-0.3, -0.25) is 4.79 Å². The summed E-state index contributed by atoms with van der Waals surface area (Å²) in [6.45, 7) is 1.82. The minimum absolute atomic E-state index is 0.238. The normalized spacial score (nSPS) is 30.2. The van der Waals surface area contributed by atoms with E-state index in [0.717, 1.165) is 44.9 Å². The lowest BCUT2D eigenvalue weighted by atomic mass is 9.96. The molecule has 3 fully saturated rings. The van der Waals surface area contributed by atoms with Gasteiger partial charge in [-0.25, -0.2) is 0 Å². The second-order valence-corrected chi connectivity index (χ2v) is 23.2. The molecule has 0 aromatic carbocycles. The molecule has 19 heteroatoms. The summed E-state index contributed by atoms with van der Waals surface area (Å²) in [6.07, 6.45) is 16.0. The van der Waals surface area contributed by atoms with Crippen LogP contribution in [0, 0.1) is 0 Å². The predicted octanol–water partition coefficient (Wildman–Crippen LogP) is 6.38. The Bertz CT molecular complexity index is 1450. The Balaban J connectivity index is 1.48. The van der Waals surface area contributed by atoms with Crippen molar-refractivity contribution >= 4 is 5.91 Å². The number of nitrogens with one attached hydrogen (secondary N) is 1. The number of carbonyl (C=O) groups excluding carboxylic acids is 1. The second-order valence-electron chi connectivity index (χ2n) is 23.2. The molecule has 3 aliphatic rings. The number of rotatable bonds is 48. The number of unbranched alkanes of at least 4 members (excludes halogenated alkanes) is 32. The molecule has 79 heavy (non-hydrogen) atoms. The van der Waals surface area contributed by atoms with Crippen molar-refractivity contribution in [2.45, 2.75) is 349 Å². The third-order valence-corrected chi connectivity index (χ3v) is 16.4. The lowest BCUT2D eigenvalue weighted by Gasteiger charge is -2.48. The summed E-state index contributed by atoms with van der Waals surface area (Å²) in [5, 5.41) is 120. The van der Waals surface area contributed by atoms with Crippen LogP contribution in [0.15, 0.2) is 0 Å². The van der Waals surface area contributed by atoms with Gasteiger partial charge in [-0.05, 0) is 12.8 Å². The zero-order chi connectivity index (χ0) is 57.6. The van der Waals surface area contributed by atoms with Gasteiger partial charge in [-0.1, -0.05) is 226 Å². The van der Waals surface area contributed by atoms with Crippen LogP contribution in [0.1, 0.15) is 245 Å². The standard InChI is InChI=1S/C60H115NO18/c1-3-5-7-9-11-13-15-17-19-21-23-25-27-29-31-33-35-37-44(65)43(61-48(66)38-36-34-32-30-28-26-24-22-20-18-16-14-12-10-8-6-4-2)42-74-58-54(72)51(69)56(46(40-63)76-58)79-60-55(73)52(70)57(47(41-64)77-60)78-59-53(71)50(68)49(67)45(39-62)75-59/h43-47,49-60,62-65,67-73H,3-42H2,1-2H3,(H,61,66). The smallest absolute Gasteiger partial charge is 0.220 e. The van der Waals surface area contributed by atoms with Crippen LogP contribution < -0.4 is 5.32 Å². The molecule has 3 heterocycles. The first-order valence-corrected chi connectivity index (χ1v) is 31.8. The summed E-state index contributed by atoms with van der Waals surface area (Å²) in [4.78, 5) is 13.4. The molecule has 17 unspecified atom stereocenters. The molecule has 0 radical (unpaired) electrons. The van der Waals surface area contributed by atoms with Crippen LogP contribution in [0.3, 0.4) is 0 Å². The molecule has 3 rings (SSSR count). The van der Waals surface area contributed by atoms with Gasteiger partial charge >= 0.3 is 0 Å². The molecule has 0 spiro atoms. The van der Waals surface area contributed by atoms with Crippen LogP contribution in [0.25, 0.3) is 0 Å². The van der Waals surface area contributed by atoms with Crippen molar-refractivity contribution < 1.29 is 89.4 Å². The second kappa shape index (κ2) is 44.3. The van der Waals surface area contributed by atoms with Crippen molar-refractivity contribution in [2.75, 3.05) is 26.4 Å². The number of aliphatic hydroxyl groups is 11. The molecule has 0 bridgehead atoms. The Hall–Kier alpha value is -1.21. The summed E-state index contributed by atoms with van der Waals surface area (Å²) in [6, 6.07) is -0.880. The van der Waals surface area contributed by atoms with Gasteiger partial charge in [0, 0.05) is 6.42 Å². The minimum Gasteiger partial charge on any atom is -0.394 e. The van der Waals surface area contributed by atoms with Gasteiger partial charge in [-0.15, -0.1) is 0 Å². The van der Waals surface area contributed by atoms with Crippen LogP contribution in [-0.4, -0.2) is 193 Å². The van der Waals surface area contributed by atoms with Gasteiger partial charge < -0.3 is 89.9 Å². The van der Waals surface area contributed by atoms with Crippen LogP contribution in [0.4, 0.5) is 0 Å². The summed E-state index contributed by atoms with van der Waals surface area (Å²) in [5.74, 6) is -0.238. The Morgan fingerprint density at radius 3 is 1.10 bits per heavy atom. The molecule has 3 aliphatic heterocycles. The molecule has 19 nitrogen and oxygen atoms in total. The van der Waals surface area contributed by atoms with E-state index in [4.69, 9.17) is 28.4 Å². The Morgan fingerprint density at radius 1 is 0.405 bits per heavy atom. The molecule has 0 saturated carbocycles. The van der Waals surface area contributed by atoms with E-state index in [1.165, 1.54) is 167 Å². The Labute approximate surface area is 474 Å². The van der Waals surface area contributed by atoms with Gasteiger partial charge in [0.25, 0.3) is 0 Å². The van der Waals surface area contributed by atoms with Gasteiger partial charge in [0.1, 0.15) is 73.2 Å². The number of ether oxygens (including phenoxy) is 6. The van der Waals surface area contributed by atoms with Crippen LogP contribution in [0.2, 0.25) is 0 Å². The molecular formula is C60H115NO18. The number of hydrogen-bond acceptors (Lipinski definition) is 18. The quantitative estimate of drug-likeness (QED) is 0.0294. The van der Waals surface area contributed by atoms with Gasteiger partial charge in [0.15, 0.2) is 18.9 Å². The number of hydrogen-bond donors (Lipinski definition) is 12. The Kier molecular flexibility index (Phi) is 40.4. The van der Waals surface area contributed by atoms with Crippen molar-refractivity contribution in [3.05, 3.63) is 0 Å². The van der Waals surface area contributed by atoms with E-state index in [-0.39, 0.29) is 18.9 Å². The first-order chi connectivity index (χ1) is 38.3. The fraction of sp³-hybridized carbons (Fsp3) is 0.983. The number of amides is 1. The first kappa shape index (κ1) is 72.1. The fourth-order valence-corrected chi connectivity index (χ4v) is 11.2. The number of aliphatic hydroxyl groups excluding tert-OH is 11. The van der Waals surface area contributed by atoms with Crippen molar-refractivity contribution in [3.8, 4) is 0 Å². The molecule has 0 aromatic rings. The molecule has 0 aromatic heterocycles. The van der Waals surface area contributed by atoms with E-state index >= 15 is 0 Å². The lowest BCUT2D eigenvalue weighted by Crippen LogP contribution is -2.66. The predicted molar refractivity (Wildman–Crippen MR) is 300 cm³/mol. The van der Waals surface area contributed by atoms with Crippen molar-refractivity contribution in [2.24, 2.45) is 0 Å². The summed E-state index contributed by atoms with van der Waals surface area (Å²) in [7, 11) is 0. The van der Waals surface area contributed by atoms with E-state index in [1.807, 2.05) is 0 Å². The Morgan fingerprint density at radius 2 is 0.722 bits per heavy atom. The van der Waals surface area contributed by atoms with E-state index in [0.29, 0.717) is 12.8 Å². The zero-order valence-corrected chi connectivity index (χ0v) is 48.9. The first-order valence-electron chi connectivity index (χ1n) is 31.8. The maximum atomic E-state index is 13.4. The van der Waals surface area contributed by atoms with Crippen molar-refractivity contribution in [3.63, 3.8) is 0 Å². The van der Waals surface area contributed by atoms with E-state index in [1.54, 1.807) is 0 Å². The van der Waals surface area contributed by atoms with Crippen LogP contribution in [0.5, 0.6) is 0 Å². The minimum atomic E-state index is -1.97. The number of carbonyl (C=O) groups is 1. The van der Waals surface area contributed by atoms with Gasteiger partial charge in [0.2, 0.25) is 5.91 Å². The highest BCUT2D eigenvalue weighted by Gasteiger charge is 2.53. The van der Waals surface area contributed by atoms with E-state index < -0.39 is 124 Å². The lowest BCUT2D eigenvalue weighted by molar-refractivity contribution is -0.379.